The average Bonchev–Trinajstić information content (AvgIpc) is 2.53. The maximum absolute atomic E-state index is 12.7. The van der Waals surface area contributed by atoms with E-state index in [1.807, 2.05) is 18.2 Å². The summed E-state index contributed by atoms with van der Waals surface area (Å²) in [5.41, 5.74) is 0.629. The van der Waals surface area contributed by atoms with Crippen molar-refractivity contribution in [2.45, 2.75) is 6.42 Å². The molecule has 0 radical (unpaired) electrons. The average molecular weight is 281 g/mol. The van der Waals surface area contributed by atoms with E-state index in [-0.39, 0.29) is 11.5 Å². The lowest BCUT2D eigenvalue weighted by molar-refractivity contribution is 0.0699. The normalized spacial score (nSPS) is 14.4. The Hall–Kier alpha value is -2.62. The minimum atomic E-state index is -1.01. The summed E-state index contributed by atoms with van der Waals surface area (Å²) in [6.45, 7) is 1.24. The Morgan fingerprint density at radius 2 is 1.71 bits per heavy atom. The molecule has 0 aromatic heterocycles. The predicted octanol–water partition coefficient (Wildman–Crippen LogP) is 2.94. The van der Waals surface area contributed by atoms with Crippen LogP contribution in [0.3, 0.4) is 0 Å². The molecular weight excluding hydrogens is 266 g/mol. The molecular formula is C17H15NO3. The Morgan fingerprint density at radius 1 is 1.00 bits per heavy atom. The summed E-state index contributed by atoms with van der Waals surface area (Å²) in [5, 5.41) is 10.7. The number of carbonyl (C=O) groups is 2. The lowest BCUT2D eigenvalue weighted by Crippen LogP contribution is -2.34. The third kappa shape index (κ3) is 2.40. The first-order valence-electron chi connectivity index (χ1n) is 6.88. The number of nitrogens with zero attached hydrogens (tertiary/aromatic N) is 1. The van der Waals surface area contributed by atoms with Crippen molar-refractivity contribution in [3.8, 4) is 0 Å². The van der Waals surface area contributed by atoms with Gasteiger partial charge in [-0.3, -0.25) is 4.79 Å². The van der Waals surface area contributed by atoms with Gasteiger partial charge >= 0.3 is 5.97 Å². The zero-order chi connectivity index (χ0) is 14.8. The standard InChI is InChI=1S/C17H15NO3/c19-16(18-10-2-1-3-11-18)13-8-4-6-12-7-5-9-14(15(12)13)17(20)21/h1-2,4-9H,3,10-11H2,(H,20,21). The van der Waals surface area contributed by atoms with Crippen LogP contribution in [0, 0.1) is 0 Å². The van der Waals surface area contributed by atoms with Crippen LogP contribution < -0.4 is 0 Å². The van der Waals surface area contributed by atoms with Crippen molar-refractivity contribution >= 4 is 22.6 Å². The van der Waals surface area contributed by atoms with E-state index in [2.05, 4.69) is 6.08 Å². The van der Waals surface area contributed by atoms with Gasteiger partial charge in [0, 0.05) is 24.0 Å². The Labute approximate surface area is 122 Å². The summed E-state index contributed by atoms with van der Waals surface area (Å²) in [5.74, 6) is -1.13. The molecule has 4 nitrogen and oxygen atoms in total. The fraction of sp³-hybridized carbons (Fsp3) is 0.176. The van der Waals surface area contributed by atoms with Crippen LogP contribution in [-0.4, -0.2) is 35.0 Å². The van der Waals surface area contributed by atoms with E-state index >= 15 is 0 Å². The summed E-state index contributed by atoms with van der Waals surface area (Å²) >= 11 is 0. The Bertz CT molecular complexity index is 744. The molecule has 106 valence electrons. The first-order chi connectivity index (χ1) is 10.2. The van der Waals surface area contributed by atoms with E-state index in [9.17, 15) is 14.7 Å². The second-order valence-corrected chi connectivity index (χ2v) is 5.03. The molecule has 0 fully saturated rings. The van der Waals surface area contributed by atoms with Crippen molar-refractivity contribution < 1.29 is 14.7 Å². The number of fused-ring (bicyclic) bond motifs is 1. The van der Waals surface area contributed by atoms with Crippen molar-refractivity contribution in [1.82, 2.24) is 4.90 Å². The third-order valence-corrected chi connectivity index (χ3v) is 3.71. The molecule has 3 rings (SSSR count). The van der Waals surface area contributed by atoms with Crippen LogP contribution in [0.1, 0.15) is 27.1 Å². The molecule has 4 heteroatoms. The summed E-state index contributed by atoms with van der Waals surface area (Å²) < 4.78 is 0. The van der Waals surface area contributed by atoms with E-state index in [0.29, 0.717) is 24.0 Å². The molecule has 1 aliphatic rings. The number of amides is 1. The van der Waals surface area contributed by atoms with Gasteiger partial charge in [0.25, 0.3) is 5.91 Å². The van der Waals surface area contributed by atoms with E-state index < -0.39 is 5.97 Å². The second-order valence-electron chi connectivity index (χ2n) is 5.03. The van der Waals surface area contributed by atoms with E-state index in [1.165, 1.54) is 6.07 Å². The van der Waals surface area contributed by atoms with Crippen LogP contribution in [0.4, 0.5) is 0 Å². The zero-order valence-electron chi connectivity index (χ0n) is 11.5. The van der Waals surface area contributed by atoms with Crippen LogP contribution in [0.2, 0.25) is 0 Å². The zero-order valence-corrected chi connectivity index (χ0v) is 11.5. The van der Waals surface area contributed by atoms with E-state index in [1.54, 1.807) is 23.1 Å². The van der Waals surface area contributed by atoms with Gasteiger partial charge in [-0.05, 0) is 23.9 Å². The van der Waals surface area contributed by atoms with Crippen LogP contribution in [-0.2, 0) is 0 Å². The molecule has 1 N–H and O–H groups in total. The van der Waals surface area contributed by atoms with Gasteiger partial charge in [-0.2, -0.15) is 0 Å². The number of benzene rings is 2. The number of carboxylic acid groups (broad SMARTS) is 1. The number of hydrogen-bond acceptors (Lipinski definition) is 2. The Kier molecular flexibility index (Phi) is 3.44. The van der Waals surface area contributed by atoms with Crippen molar-refractivity contribution in [1.29, 1.82) is 0 Å². The van der Waals surface area contributed by atoms with Crippen molar-refractivity contribution in [2.24, 2.45) is 0 Å². The highest BCUT2D eigenvalue weighted by Crippen LogP contribution is 2.25. The monoisotopic (exact) mass is 281 g/mol. The van der Waals surface area contributed by atoms with Crippen molar-refractivity contribution in [2.75, 3.05) is 13.1 Å². The van der Waals surface area contributed by atoms with Gasteiger partial charge in [-0.15, -0.1) is 0 Å². The number of carboxylic acids is 1. The third-order valence-electron chi connectivity index (χ3n) is 3.71. The molecule has 0 atom stereocenters. The summed E-state index contributed by atoms with van der Waals surface area (Å²) in [6.07, 6.45) is 4.85. The van der Waals surface area contributed by atoms with Gasteiger partial charge in [0.05, 0.1) is 5.56 Å². The fourth-order valence-electron chi connectivity index (χ4n) is 2.69. The quantitative estimate of drug-likeness (QED) is 0.861. The molecule has 2 aromatic carbocycles. The van der Waals surface area contributed by atoms with Crippen molar-refractivity contribution in [3.63, 3.8) is 0 Å². The highest BCUT2D eigenvalue weighted by Gasteiger charge is 2.21. The van der Waals surface area contributed by atoms with Crippen molar-refractivity contribution in [3.05, 3.63) is 59.7 Å². The van der Waals surface area contributed by atoms with Gasteiger partial charge in [0.2, 0.25) is 0 Å². The number of hydrogen-bond donors (Lipinski definition) is 1. The van der Waals surface area contributed by atoms with Crippen LogP contribution >= 0.6 is 0 Å². The maximum Gasteiger partial charge on any atom is 0.336 e. The van der Waals surface area contributed by atoms with Gasteiger partial charge < -0.3 is 10.0 Å². The molecule has 0 saturated carbocycles. The molecule has 2 aromatic rings. The first-order valence-corrected chi connectivity index (χ1v) is 6.88. The van der Waals surface area contributed by atoms with E-state index in [0.717, 1.165) is 11.8 Å². The smallest absolute Gasteiger partial charge is 0.336 e. The molecule has 1 amide bonds. The molecule has 1 aliphatic heterocycles. The Morgan fingerprint density at radius 3 is 2.33 bits per heavy atom. The summed E-state index contributed by atoms with van der Waals surface area (Å²) in [6, 6.07) is 10.4. The molecule has 0 aliphatic carbocycles. The van der Waals surface area contributed by atoms with Crippen LogP contribution in [0.15, 0.2) is 48.6 Å². The number of rotatable bonds is 2. The molecule has 0 saturated heterocycles. The highest BCUT2D eigenvalue weighted by molar-refractivity contribution is 6.14. The van der Waals surface area contributed by atoms with Gasteiger partial charge in [0.1, 0.15) is 0 Å². The lowest BCUT2D eigenvalue weighted by atomic mass is 9.98. The minimum Gasteiger partial charge on any atom is -0.478 e. The highest BCUT2D eigenvalue weighted by atomic mass is 16.4. The largest absolute Gasteiger partial charge is 0.478 e. The minimum absolute atomic E-state index is 0.112. The van der Waals surface area contributed by atoms with E-state index in [4.69, 9.17) is 0 Å². The predicted molar refractivity (Wildman–Crippen MR) is 80.6 cm³/mol. The van der Waals surface area contributed by atoms with Gasteiger partial charge in [-0.25, -0.2) is 4.79 Å². The molecule has 0 unspecified atom stereocenters. The maximum atomic E-state index is 12.7. The topological polar surface area (TPSA) is 57.6 Å². The molecule has 21 heavy (non-hydrogen) atoms. The molecule has 1 heterocycles. The fourth-order valence-corrected chi connectivity index (χ4v) is 2.69. The molecule has 0 spiro atoms. The van der Waals surface area contributed by atoms with Gasteiger partial charge in [0.15, 0.2) is 0 Å². The van der Waals surface area contributed by atoms with Crippen LogP contribution in [0.5, 0.6) is 0 Å². The lowest BCUT2D eigenvalue weighted by Gasteiger charge is -2.24. The first kappa shape index (κ1) is 13.4. The SMILES string of the molecule is O=C(O)c1cccc2cccc(C(=O)N3CC=CCC3)c12. The summed E-state index contributed by atoms with van der Waals surface area (Å²) in [4.78, 5) is 25.9. The number of aromatic carboxylic acids is 1. The second kappa shape index (κ2) is 5.40. The van der Waals surface area contributed by atoms with Crippen LogP contribution in [0.25, 0.3) is 10.8 Å². The molecule has 0 bridgehead atoms. The van der Waals surface area contributed by atoms with Gasteiger partial charge in [-0.1, -0.05) is 36.4 Å². The Balaban J connectivity index is 2.15. The number of carbonyl (C=O) groups excluding carboxylic acids is 1. The summed E-state index contributed by atoms with van der Waals surface area (Å²) in [7, 11) is 0.